The molecule has 210 valence electrons. The minimum absolute atomic E-state index is 0.220. The third kappa shape index (κ3) is 6.25. The summed E-state index contributed by atoms with van der Waals surface area (Å²) < 4.78 is 5.74. The largest absolute Gasteiger partial charge is 0.490 e. The molecule has 4 rings (SSSR count). The van der Waals surface area contributed by atoms with Crippen LogP contribution in [0.5, 0.6) is 5.75 Å². The number of carboxylic acid groups (broad SMARTS) is 1. The number of aryl methyl sites for hydroxylation is 1. The minimum atomic E-state index is -1.03. The van der Waals surface area contributed by atoms with Crippen LogP contribution in [-0.4, -0.2) is 51.5 Å². The van der Waals surface area contributed by atoms with E-state index in [-0.39, 0.29) is 24.3 Å². The van der Waals surface area contributed by atoms with Gasteiger partial charge in [0.15, 0.2) is 11.6 Å². The third-order valence-electron chi connectivity index (χ3n) is 7.03. The van der Waals surface area contributed by atoms with Gasteiger partial charge in [0.2, 0.25) is 0 Å². The predicted octanol–water partition coefficient (Wildman–Crippen LogP) is 4.87. The molecule has 0 spiro atoms. The van der Waals surface area contributed by atoms with Gasteiger partial charge in [-0.1, -0.05) is 36.4 Å². The van der Waals surface area contributed by atoms with Crippen molar-refractivity contribution in [2.45, 2.75) is 64.6 Å². The van der Waals surface area contributed by atoms with Crippen LogP contribution in [0.25, 0.3) is 0 Å². The van der Waals surface area contributed by atoms with Crippen molar-refractivity contribution in [3.8, 4) is 5.75 Å². The molecule has 2 atom stereocenters. The summed E-state index contributed by atoms with van der Waals surface area (Å²) in [6.07, 6.45) is 3.62. The van der Waals surface area contributed by atoms with Crippen molar-refractivity contribution in [1.29, 1.82) is 0 Å². The van der Waals surface area contributed by atoms with Gasteiger partial charge in [-0.05, 0) is 75.4 Å². The van der Waals surface area contributed by atoms with Gasteiger partial charge >= 0.3 is 5.97 Å². The van der Waals surface area contributed by atoms with E-state index in [1.54, 1.807) is 42.3 Å². The molecule has 9 nitrogen and oxygen atoms in total. The van der Waals surface area contributed by atoms with Gasteiger partial charge < -0.3 is 25.4 Å². The van der Waals surface area contributed by atoms with Crippen molar-refractivity contribution in [1.82, 2.24) is 9.88 Å². The van der Waals surface area contributed by atoms with E-state index < -0.39 is 18.1 Å². The maximum atomic E-state index is 14.2. The van der Waals surface area contributed by atoms with Crippen LogP contribution < -0.4 is 15.4 Å². The molecule has 3 N–H and O–H groups in total. The Bertz CT molecular complexity index is 1360. The minimum Gasteiger partial charge on any atom is -0.490 e. The molecule has 0 aliphatic carbocycles. The van der Waals surface area contributed by atoms with E-state index in [4.69, 9.17) is 10.5 Å². The number of amides is 2. The van der Waals surface area contributed by atoms with Gasteiger partial charge in [-0.2, -0.15) is 0 Å². The molecule has 40 heavy (non-hydrogen) atoms. The lowest BCUT2D eigenvalue weighted by Gasteiger charge is -2.36. The number of carbonyl (C=O) groups is 3. The number of aromatic nitrogens is 1. The fraction of sp³-hybridized carbons (Fsp3) is 0.355. The standard InChI is InChI=1S/C31H36N4O5/c1-20(2)34-25-15-14-22(10-7-8-17-40-26-13-9-16-33-29(26)32)19-24(25)30(38)35(21(3)18-27(36)37)28(31(34)39)23-11-5-4-6-12-23/h4-6,9,11-16,19-21,28H,7-8,10,17-18H2,1-3H3,(H2,32,33)(H,36,37). The van der Waals surface area contributed by atoms with E-state index in [1.807, 2.05) is 50.2 Å². The van der Waals surface area contributed by atoms with Crippen LogP contribution in [0.3, 0.4) is 0 Å². The Morgan fingerprint density at radius 3 is 2.48 bits per heavy atom. The van der Waals surface area contributed by atoms with Gasteiger partial charge in [-0.25, -0.2) is 4.98 Å². The molecule has 2 unspecified atom stereocenters. The molecule has 2 aromatic carbocycles. The zero-order valence-corrected chi connectivity index (χ0v) is 23.1. The van der Waals surface area contributed by atoms with Gasteiger partial charge in [0.25, 0.3) is 11.8 Å². The Balaban J connectivity index is 1.62. The average molecular weight is 545 g/mol. The molecule has 9 heteroatoms. The molecule has 0 radical (unpaired) electrons. The second-order valence-corrected chi connectivity index (χ2v) is 10.3. The number of anilines is 2. The molecule has 0 fully saturated rings. The van der Waals surface area contributed by atoms with E-state index >= 15 is 0 Å². The summed E-state index contributed by atoms with van der Waals surface area (Å²) in [5.41, 5.74) is 8.36. The van der Waals surface area contributed by atoms with Crippen molar-refractivity contribution < 1.29 is 24.2 Å². The van der Waals surface area contributed by atoms with Crippen LogP contribution in [0.2, 0.25) is 0 Å². The first-order chi connectivity index (χ1) is 19.2. The van der Waals surface area contributed by atoms with E-state index in [9.17, 15) is 19.5 Å². The number of ether oxygens (including phenoxy) is 1. The second kappa shape index (κ2) is 12.6. The number of nitrogens with zero attached hydrogens (tertiary/aromatic N) is 3. The normalized spacial score (nSPS) is 16.1. The van der Waals surface area contributed by atoms with Gasteiger partial charge in [0, 0.05) is 18.3 Å². The topological polar surface area (TPSA) is 126 Å². The Hall–Kier alpha value is -4.40. The van der Waals surface area contributed by atoms with Crippen LogP contribution in [0.15, 0.2) is 66.9 Å². The average Bonchev–Trinajstić information content (AvgIpc) is 3.01. The number of nitrogen functional groups attached to an aromatic ring is 1. The SMILES string of the molecule is CC(C)N1C(=O)C(c2ccccc2)N(C(C)CC(=O)O)C(=O)c2cc(CCCCOc3cccnc3N)ccc21. The third-order valence-corrected chi connectivity index (χ3v) is 7.03. The van der Waals surface area contributed by atoms with Crippen molar-refractivity contribution in [2.24, 2.45) is 0 Å². The van der Waals surface area contributed by atoms with Crippen LogP contribution in [0.1, 0.15) is 67.6 Å². The number of nitrogens with two attached hydrogens (primary N) is 1. The van der Waals surface area contributed by atoms with E-state index in [1.165, 1.54) is 4.90 Å². The van der Waals surface area contributed by atoms with Crippen molar-refractivity contribution in [3.63, 3.8) is 0 Å². The van der Waals surface area contributed by atoms with E-state index in [0.29, 0.717) is 41.4 Å². The monoisotopic (exact) mass is 544 g/mol. The number of benzene rings is 2. The Morgan fingerprint density at radius 1 is 1.05 bits per heavy atom. The molecule has 2 heterocycles. The van der Waals surface area contributed by atoms with E-state index in [2.05, 4.69) is 4.98 Å². The number of fused-ring (bicyclic) bond motifs is 1. The highest BCUT2D eigenvalue weighted by Gasteiger charge is 2.43. The molecule has 1 aliphatic heterocycles. The quantitative estimate of drug-likeness (QED) is 0.330. The number of hydrogen-bond acceptors (Lipinski definition) is 6. The molecule has 0 saturated carbocycles. The summed E-state index contributed by atoms with van der Waals surface area (Å²) >= 11 is 0. The summed E-state index contributed by atoms with van der Waals surface area (Å²) in [5, 5.41) is 9.55. The number of carbonyl (C=O) groups excluding carboxylic acids is 2. The molecule has 1 aromatic heterocycles. The first kappa shape index (κ1) is 28.6. The smallest absolute Gasteiger partial charge is 0.305 e. The lowest BCUT2D eigenvalue weighted by Crippen LogP contribution is -2.48. The number of hydrogen-bond donors (Lipinski definition) is 2. The van der Waals surface area contributed by atoms with Crippen LogP contribution >= 0.6 is 0 Å². The molecular weight excluding hydrogens is 508 g/mol. The molecule has 1 aliphatic rings. The molecular formula is C31H36N4O5. The fourth-order valence-corrected chi connectivity index (χ4v) is 5.16. The molecule has 3 aromatic rings. The summed E-state index contributed by atoms with van der Waals surface area (Å²) in [6.45, 7) is 5.98. The summed E-state index contributed by atoms with van der Waals surface area (Å²) in [6, 6.07) is 16.4. The number of carboxylic acids is 1. The lowest BCUT2D eigenvalue weighted by molar-refractivity contribution is -0.139. The summed E-state index contributed by atoms with van der Waals surface area (Å²) in [5.74, 6) is -0.739. The Kier molecular flexibility index (Phi) is 9.04. The molecule has 0 bridgehead atoms. The molecule has 2 amide bonds. The van der Waals surface area contributed by atoms with E-state index in [0.717, 1.165) is 18.4 Å². The zero-order valence-electron chi connectivity index (χ0n) is 23.1. The number of rotatable bonds is 11. The van der Waals surface area contributed by atoms with Crippen LogP contribution in [-0.2, 0) is 16.0 Å². The highest BCUT2D eigenvalue weighted by Crippen LogP contribution is 2.38. The number of unbranched alkanes of at least 4 members (excludes halogenated alkanes) is 1. The second-order valence-electron chi connectivity index (χ2n) is 10.3. The van der Waals surface area contributed by atoms with Gasteiger partial charge in [0.1, 0.15) is 6.04 Å². The summed E-state index contributed by atoms with van der Waals surface area (Å²) in [4.78, 5) is 47.1. The first-order valence-corrected chi connectivity index (χ1v) is 13.6. The first-order valence-electron chi connectivity index (χ1n) is 13.6. The lowest BCUT2D eigenvalue weighted by atomic mass is 10.00. The van der Waals surface area contributed by atoms with Crippen LogP contribution in [0, 0.1) is 0 Å². The van der Waals surface area contributed by atoms with Gasteiger partial charge in [0.05, 0.1) is 24.3 Å². The highest BCUT2D eigenvalue weighted by molar-refractivity contribution is 6.11. The van der Waals surface area contributed by atoms with Gasteiger partial charge in [-0.15, -0.1) is 0 Å². The number of pyridine rings is 1. The van der Waals surface area contributed by atoms with Gasteiger partial charge in [-0.3, -0.25) is 14.4 Å². The van der Waals surface area contributed by atoms with Crippen molar-refractivity contribution in [3.05, 3.63) is 83.6 Å². The highest BCUT2D eigenvalue weighted by atomic mass is 16.5. The maximum absolute atomic E-state index is 14.2. The summed E-state index contributed by atoms with van der Waals surface area (Å²) in [7, 11) is 0. The van der Waals surface area contributed by atoms with Crippen LogP contribution in [0.4, 0.5) is 11.5 Å². The van der Waals surface area contributed by atoms with Crippen molar-refractivity contribution in [2.75, 3.05) is 17.2 Å². The molecule has 0 saturated heterocycles. The number of aliphatic carboxylic acids is 1. The Morgan fingerprint density at radius 2 is 1.80 bits per heavy atom. The fourth-order valence-electron chi connectivity index (χ4n) is 5.16. The predicted molar refractivity (Wildman–Crippen MR) is 153 cm³/mol. The maximum Gasteiger partial charge on any atom is 0.305 e. The Labute approximate surface area is 234 Å². The zero-order chi connectivity index (χ0) is 28.8. The van der Waals surface area contributed by atoms with Crippen molar-refractivity contribution >= 4 is 29.3 Å².